The maximum absolute atomic E-state index is 2.29. The zero-order valence-electron chi connectivity index (χ0n) is 14.6. The molecule has 0 atom stereocenters. The Balaban J connectivity index is 0. The minimum atomic E-state index is 1.34. The molecule has 0 aromatic heterocycles. The van der Waals surface area contributed by atoms with Crippen molar-refractivity contribution in [2.75, 3.05) is 0 Å². The van der Waals surface area contributed by atoms with Crippen LogP contribution in [-0.4, -0.2) is 0 Å². The van der Waals surface area contributed by atoms with Gasteiger partial charge in [0.15, 0.2) is 0 Å². The molecule has 0 saturated heterocycles. The zero-order valence-corrected chi connectivity index (χ0v) is 14.6. The van der Waals surface area contributed by atoms with E-state index in [2.05, 4.69) is 27.7 Å². The summed E-state index contributed by atoms with van der Waals surface area (Å²) in [6, 6.07) is 0. The molecule has 0 amide bonds. The van der Waals surface area contributed by atoms with Gasteiger partial charge in [-0.2, -0.15) is 0 Å². The van der Waals surface area contributed by atoms with Gasteiger partial charge in [-0.1, -0.05) is 124 Å². The van der Waals surface area contributed by atoms with Crippen LogP contribution in [0.15, 0.2) is 0 Å². The molecule has 0 rings (SSSR count). The highest BCUT2D eigenvalue weighted by molar-refractivity contribution is 4.47. The molecule has 0 unspecified atom stereocenters. The van der Waals surface area contributed by atoms with E-state index in [-0.39, 0.29) is 0 Å². The Hall–Kier alpha value is 0. The lowest BCUT2D eigenvalue weighted by Gasteiger charge is -2.01. The van der Waals surface area contributed by atoms with Crippen molar-refractivity contribution < 1.29 is 0 Å². The molecule has 0 saturated carbocycles. The van der Waals surface area contributed by atoms with Gasteiger partial charge in [0, 0.05) is 0 Å². The van der Waals surface area contributed by atoms with Crippen LogP contribution in [0.1, 0.15) is 124 Å². The fourth-order valence-electron chi connectivity index (χ4n) is 2.27. The van der Waals surface area contributed by atoms with Gasteiger partial charge in [0.05, 0.1) is 0 Å². The second kappa shape index (κ2) is 23.1. The van der Waals surface area contributed by atoms with E-state index in [0.29, 0.717) is 0 Å². The molecule has 0 radical (unpaired) electrons. The van der Waals surface area contributed by atoms with Crippen LogP contribution in [0, 0.1) is 0 Å². The van der Waals surface area contributed by atoms with Crippen molar-refractivity contribution in [2.45, 2.75) is 124 Å². The van der Waals surface area contributed by atoms with Gasteiger partial charge in [0.25, 0.3) is 0 Å². The predicted octanol–water partition coefficient (Wildman–Crippen LogP) is 7.90. The molecular weight excluding hydrogens is 228 g/mol. The summed E-state index contributed by atoms with van der Waals surface area (Å²) in [6.45, 7) is 8.99. The van der Waals surface area contributed by atoms with Crippen LogP contribution in [0.3, 0.4) is 0 Å². The van der Waals surface area contributed by atoms with Crippen molar-refractivity contribution in [3.8, 4) is 0 Å². The van der Waals surface area contributed by atoms with Crippen LogP contribution in [0.4, 0.5) is 0 Å². The van der Waals surface area contributed by atoms with Crippen LogP contribution in [0.5, 0.6) is 0 Å². The van der Waals surface area contributed by atoms with Gasteiger partial charge in [0.2, 0.25) is 0 Å². The Morgan fingerprint density at radius 1 is 0.263 bits per heavy atom. The molecule has 0 nitrogen and oxygen atoms in total. The van der Waals surface area contributed by atoms with E-state index in [1.165, 1.54) is 96.3 Å². The average Bonchev–Trinajstić information content (AvgIpc) is 2.43. The molecule has 0 aliphatic carbocycles. The second-order valence-electron chi connectivity index (χ2n) is 5.89. The van der Waals surface area contributed by atoms with Crippen LogP contribution in [0.2, 0.25) is 0 Å². The quantitative estimate of drug-likeness (QED) is 0.298. The first-order valence-electron chi connectivity index (χ1n) is 9.33. The minimum absolute atomic E-state index is 1.34. The highest BCUT2D eigenvalue weighted by Gasteiger charge is 1.91. The van der Waals surface area contributed by atoms with Gasteiger partial charge in [-0.15, -0.1) is 0 Å². The molecule has 0 aliphatic rings. The lowest BCUT2D eigenvalue weighted by atomic mass is 10.1. The third-order valence-corrected chi connectivity index (χ3v) is 3.66. The largest absolute Gasteiger partial charge is 0.0654 e. The molecule has 0 heteroatoms. The summed E-state index contributed by atoms with van der Waals surface area (Å²) in [5.41, 5.74) is 0. The normalized spacial score (nSPS) is 10.1. The molecule has 0 heterocycles. The predicted molar refractivity (Wildman–Crippen MR) is 92.0 cm³/mol. The molecular formula is C19H42. The zero-order chi connectivity index (χ0) is 14.6. The van der Waals surface area contributed by atoms with Crippen LogP contribution in [0.25, 0.3) is 0 Å². The lowest BCUT2D eigenvalue weighted by molar-refractivity contribution is 0.548. The maximum atomic E-state index is 2.29. The van der Waals surface area contributed by atoms with E-state index in [1.807, 2.05) is 0 Å². The van der Waals surface area contributed by atoms with E-state index in [1.54, 1.807) is 0 Å². The van der Waals surface area contributed by atoms with E-state index in [9.17, 15) is 0 Å². The minimum Gasteiger partial charge on any atom is -0.0654 e. The molecule has 0 aromatic carbocycles. The van der Waals surface area contributed by atoms with Crippen LogP contribution in [-0.2, 0) is 0 Å². The summed E-state index contributed by atoms with van der Waals surface area (Å²) >= 11 is 0. The van der Waals surface area contributed by atoms with Crippen molar-refractivity contribution in [2.24, 2.45) is 0 Å². The van der Waals surface area contributed by atoms with Crippen LogP contribution < -0.4 is 0 Å². The van der Waals surface area contributed by atoms with E-state index >= 15 is 0 Å². The molecule has 0 fully saturated rings. The first-order chi connectivity index (χ1) is 9.33. The third-order valence-electron chi connectivity index (χ3n) is 3.66. The fraction of sp³-hybridized carbons (Fsp3) is 1.00. The molecule has 0 aliphatic heterocycles. The van der Waals surface area contributed by atoms with Crippen molar-refractivity contribution in [1.29, 1.82) is 0 Å². The summed E-state index contributed by atoms with van der Waals surface area (Å²) in [4.78, 5) is 0. The molecule has 118 valence electrons. The number of unbranched alkanes of at least 4 members (excludes halogenated alkanes) is 13. The molecule has 19 heavy (non-hydrogen) atoms. The molecule has 0 aromatic rings. The van der Waals surface area contributed by atoms with Crippen molar-refractivity contribution in [3.05, 3.63) is 0 Å². The van der Waals surface area contributed by atoms with Crippen molar-refractivity contribution in [3.63, 3.8) is 0 Å². The standard InChI is InChI=1S/C14H30.C5H12/c1-3-5-7-9-11-13-14-12-10-8-6-4-2;1-3-5-4-2/h3-14H2,1-2H3;3-5H2,1-2H3. The Labute approximate surface area is 124 Å². The van der Waals surface area contributed by atoms with Gasteiger partial charge in [-0.3, -0.25) is 0 Å². The Morgan fingerprint density at radius 2 is 0.474 bits per heavy atom. The molecule has 0 bridgehead atoms. The monoisotopic (exact) mass is 270 g/mol. The topological polar surface area (TPSA) is 0 Å². The van der Waals surface area contributed by atoms with Crippen molar-refractivity contribution >= 4 is 0 Å². The highest BCUT2D eigenvalue weighted by Crippen LogP contribution is 2.11. The first kappa shape index (κ1) is 21.3. The number of rotatable bonds is 13. The smallest absolute Gasteiger partial charge is 0.0533 e. The maximum Gasteiger partial charge on any atom is -0.0533 e. The summed E-state index contributed by atoms with van der Waals surface area (Å²) in [5.74, 6) is 0. The van der Waals surface area contributed by atoms with Gasteiger partial charge in [0.1, 0.15) is 0 Å². The average molecular weight is 271 g/mol. The second-order valence-corrected chi connectivity index (χ2v) is 5.89. The molecule has 0 spiro atoms. The van der Waals surface area contributed by atoms with Gasteiger partial charge < -0.3 is 0 Å². The Bertz CT molecular complexity index is 103. The van der Waals surface area contributed by atoms with Gasteiger partial charge in [-0.05, 0) is 0 Å². The summed E-state index contributed by atoms with van der Waals surface area (Å²) in [7, 11) is 0. The Morgan fingerprint density at radius 3 is 0.632 bits per heavy atom. The lowest BCUT2D eigenvalue weighted by Crippen LogP contribution is -1.81. The first-order valence-corrected chi connectivity index (χ1v) is 9.33. The van der Waals surface area contributed by atoms with E-state index in [4.69, 9.17) is 0 Å². The summed E-state index contributed by atoms with van der Waals surface area (Å²) in [6.07, 6.45) is 21.5. The highest BCUT2D eigenvalue weighted by atomic mass is 14.0. The van der Waals surface area contributed by atoms with Crippen LogP contribution >= 0.6 is 0 Å². The fourth-order valence-corrected chi connectivity index (χ4v) is 2.27. The number of hydrogen-bond acceptors (Lipinski definition) is 0. The SMILES string of the molecule is CCCCC.CCCCCCCCCCCCCC. The number of hydrogen-bond donors (Lipinski definition) is 0. The van der Waals surface area contributed by atoms with E-state index < -0.39 is 0 Å². The third kappa shape index (κ3) is 27.3. The van der Waals surface area contributed by atoms with Crippen molar-refractivity contribution in [1.82, 2.24) is 0 Å². The Kier molecular flexibility index (Phi) is 25.9. The summed E-state index contributed by atoms with van der Waals surface area (Å²) in [5, 5.41) is 0. The van der Waals surface area contributed by atoms with E-state index in [0.717, 1.165) is 0 Å². The summed E-state index contributed by atoms with van der Waals surface area (Å²) < 4.78 is 0. The van der Waals surface area contributed by atoms with Gasteiger partial charge >= 0.3 is 0 Å². The molecule has 0 N–H and O–H groups in total. The van der Waals surface area contributed by atoms with Gasteiger partial charge in [-0.25, -0.2) is 0 Å².